The Morgan fingerprint density at radius 1 is 1.09 bits per heavy atom. The lowest BCUT2D eigenvalue weighted by atomic mass is 10.1. The van der Waals surface area contributed by atoms with Crippen LogP contribution in [0, 0.1) is 5.92 Å². The Labute approximate surface area is 200 Å². The highest BCUT2D eigenvalue weighted by atomic mass is 32.2. The molecule has 3 aromatic rings. The number of nitrogens with one attached hydrogen (secondary N) is 2. The van der Waals surface area contributed by atoms with Crippen molar-refractivity contribution in [2.75, 3.05) is 23.5 Å². The van der Waals surface area contributed by atoms with Crippen LogP contribution in [0.15, 0.2) is 52.4 Å². The van der Waals surface area contributed by atoms with Crippen LogP contribution in [0.5, 0.6) is 0 Å². The van der Waals surface area contributed by atoms with Crippen LogP contribution in [-0.2, 0) is 20.9 Å². The summed E-state index contributed by atoms with van der Waals surface area (Å²) >= 11 is 1.13. The molecule has 0 atom stereocenters. The van der Waals surface area contributed by atoms with E-state index in [1.54, 1.807) is 34.9 Å². The normalized spacial score (nSPS) is 10.9. The van der Waals surface area contributed by atoms with Gasteiger partial charge in [0.15, 0.2) is 5.16 Å². The highest BCUT2D eigenvalue weighted by molar-refractivity contribution is 7.99. The van der Waals surface area contributed by atoms with E-state index >= 15 is 0 Å². The number of thioether (sulfide) groups is 1. The number of rotatable bonds is 8. The van der Waals surface area contributed by atoms with Crippen molar-refractivity contribution in [3.8, 4) is 0 Å². The van der Waals surface area contributed by atoms with Crippen LogP contribution in [0.2, 0.25) is 0 Å². The van der Waals surface area contributed by atoms with Crippen LogP contribution in [0.1, 0.15) is 31.1 Å². The van der Waals surface area contributed by atoms with Crippen molar-refractivity contribution in [1.29, 1.82) is 0 Å². The minimum Gasteiger partial charge on any atom is -0.465 e. The fourth-order valence-corrected chi connectivity index (χ4v) is 4.10. The first-order valence-corrected chi connectivity index (χ1v) is 11.6. The molecule has 0 aliphatic rings. The Balaban J connectivity index is 1.85. The van der Waals surface area contributed by atoms with Crippen molar-refractivity contribution in [3.63, 3.8) is 0 Å². The summed E-state index contributed by atoms with van der Waals surface area (Å²) in [5.41, 5.74) is 1.52. The fourth-order valence-electron chi connectivity index (χ4n) is 3.29. The number of methoxy groups -OCH3 is 1. The molecular weight excluding hydrogens is 456 g/mol. The first-order chi connectivity index (χ1) is 16.2. The maximum absolute atomic E-state index is 13.2. The van der Waals surface area contributed by atoms with Crippen LogP contribution in [0.25, 0.3) is 10.9 Å². The van der Waals surface area contributed by atoms with Crippen LogP contribution in [0.4, 0.5) is 11.4 Å². The fraction of sp³-hybridized carbons (Fsp3) is 0.292. The van der Waals surface area contributed by atoms with Gasteiger partial charge in [0.2, 0.25) is 11.8 Å². The Morgan fingerprint density at radius 3 is 2.44 bits per heavy atom. The number of nitrogens with zero attached hydrogens (tertiary/aromatic N) is 2. The molecule has 1 heterocycles. The molecule has 2 aromatic carbocycles. The number of esters is 1. The van der Waals surface area contributed by atoms with Gasteiger partial charge in [0, 0.05) is 24.8 Å². The number of fused-ring (bicyclic) bond motifs is 1. The average molecular weight is 483 g/mol. The standard InChI is InChI=1S/C24H26N4O5S/c1-14(2)12-28-22(31)19-9-8-16(23(32)33-4)10-20(19)27-24(28)34-13-21(30)26-18-7-5-6-17(11-18)25-15(3)29/h5-11,14H,12-13H2,1-4H3,(H,25,29)(H,26,30). The summed E-state index contributed by atoms with van der Waals surface area (Å²) in [7, 11) is 1.28. The van der Waals surface area contributed by atoms with Gasteiger partial charge in [0.1, 0.15) is 0 Å². The number of amides is 2. The predicted molar refractivity (Wildman–Crippen MR) is 132 cm³/mol. The van der Waals surface area contributed by atoms with Crippen molar-refractivity contribution >= 4 is 51.8 Å². The second-order valence-corrected chi connectivity index (χ2v) is 8.97. The predicted octanol–water partition coefficient (Wildman–Crippen LogP) is 3.53. The molecule has 0 fully saturated rings. The first-order valence-electron chi connectivity index (χ1n) is 10.6. The topological polar surface area (TPSA) is 119 Å². The van der Waals surface area contributed by atoms with E-state index in [0.29, 0.717) is 34.0 Å². The van der Waals surface area contributed by atoms with Gasteiger partial charge >= 0.3 is 5.97 Å². The maximum Gasteiger partial charge on any atom is 0.337 e. The molecule has 0 saturated heterocycles. The first kappa shape index (κ1) is 25.0. The molecule has 10 heteroatoms. The van der Waals surface area contributed by atoms with E-state index in [1.807, 2.05) is 13.8 Å². The van der Waals surface area contributed by atoms with Crippen LogP contribution in [0.3, 0.4) is 0 Å². The second-order valence-electron chi connectivity index (χ2n) is 8.03. The quantitative estimate of drug-likeness (QED) is 0.286. The van der Waals surface area contributed by atoms with Crippen molar-refractivity contribution in [2.24, 2.45) is 5.92 Å². The highest BCUT2D eigenvalue weighted by Gasteiger charge is 2.16. The minimum atomic E-state index is -0.523. The summed E-state index contributed by atoms with van der Waals surface area (Å²) in [6.07, 6.45) is 0. The van der Waals surface area contributed by atoms with Crippen molar-refractivity contribution in [3.05, 3.63) is 58.4 Å². The van der Waals surface area contributed by atoms with Gasteiger partial charge < -0.3 is 15.4 Å². The van der Waals surface area contributed by atoms with Crippen molar-refractivity contribution < 1.29 is 19.1 Å². The molecule has 0 unspecified atom stereocenters. The largest absolute Gasteiger partial charge is 0.465 e. The van der Waals surface area contributed by atoms with E-state index in [0.717, 1.165) is 11.8 Å². The zero-order valence-corrected chi connectivity index (χ0v) is 20.2. The van der Waals surface area contributed by atoms with Gasteiger partial charge in [-0.15, -0.1) is 0 Å². The summed E-state index contributed by atoms with van der Waals surface area (Å²) in [5.74, 6) is -0.836. The number of carbonyl (C=O) groups excluding carboxylic acids is 3. The minimum absolute atomic E-state index is 0.0110. The van der Waals surface area contributed by atoms with Crippen LogP contribution in [-0.4, -0.2) is 40.2 Å². The lowest BCUT2D eigenvalue weighted by Crippen LogP contribution is -2.26. The van der Waals surface area contributed by atoms with Crippen LogP contribution < -0.4 is 16.2 Å². The summed E-state index contributed by atoms with van der Waals surface area (Å²) in [6.45, 7) is 5.81. The van der Waals surface area contributed by atoms with Crippen molar-refractivity contribution in [1.82, 2.24) is 9.55 Å². The van der Waals surface area contributed by atoms with Gasteiger partial charge in [0.25, 0.3) is 5.56 Å². The molecule has 0 bridgehead atoms. The molecule has 34 heavy (non-hydrogen) atoms. The van der Waals surface area contributed by atoms with Crippen LogP contribution >= 0.6 is 11.8 Å². The van der Waals surface area contributed by atoms with Crippen molar-refractivity contribution in [2.45, 2.75) is 32.5 Å². The SMILES string of the molecule is COC(=O)c1ccc2c(=O)n(CC(C)C)c(SCC(=O)Nc3cccc(NC(C)=O)c3)nc2c1. The highest BCUT2D eigenvalue weighted by Crippen LogP contribution is 2.21. The van der Waals surface area contributed by atoms with E-state index < -0.39 is 5.97 Å². The number of hydrogen-bond acceptors (Lipinski definition) is 7. The molecule has 0 spiro atoms. The molecule has 0 aliphatic carbocycles. The van der Waals surface area contributed by atoms with Gasteiger partial charge in [-0.2, -0.15) is 0 Å². The Hall–Kier alpha value is -3.66. The summed E-state index contributed by atoms with van der Waals surface area (Å²) in [4.78, 5) is 53.5. The van der Waals surface area contributed by atoms with E-state index in [9.17, 15) is 19.2 Å². The smallest absolute Gasteiger partial charge is 0.337 e. The van der Waals surface area contributed by atoms with Gasteiger partial charge in [-0.25, -0.2) is 9.78 Å². The number of hydrogen-bond donors (Lipinski definition) is 2. The molecule has 0 aliphatic heterocycles. The Kier molecular flexibility index (Phi) is 8.06. The van der Waals surface area contributed by atoms with Gasteiger partial charge in [-0.1, -0.05) is 31.7 Å². The molecule has 0 saturated carbocycles. The van der Waals surface area contributed by atoms with Gasteiger partial charge in [-0.05, 0) is 42.3 Å². The Morgan fingerprint density at radius 2 is 1.79 bits per heavy atom. The molecule has 0 radical (unpaired) electrons. The number of benzene rings is 2. The molecular formula is C24H26N4O5S. The lowest BCUT2D eigenvalue weighted by Gasteiger charge is -2.15. The summed E-state index contributed by atoms with van der Waals surface area (Å²) < 4.78 is 6.31. The van der Waals surface area contributed by atoms with E-state index in [-0.39, 0.29) is 34.6 Å². The third-order valence-corrected chi connectivity index (χ3v) is 5.66. The maximum atomic E-state index is 13.2. The molecule has 2 N–H and O–H groups in total. The third-order valence-electron chi connectivity index (χ3n) is 4.69. The average Bonchev–Trinajstić information content (AvgIpc) is 2.78. The van der Waals surface area contributed by atoms with E-state index in [2.05, 4.69) is 15.6 Å². The van der Waals surface area contributed by atoms with Gasteiger partial charge in [-0.3, -0.25) is 19.0 Å². The number of ether oxygens (including phenoxy) is 1. The molecule has 9 nitrogen and oxygen atoms in total. The van der Waals surface area contributed by atoms with E-state index in [4.69, 9.17) is 4.74 Å². The monoisotopic (exact) mass is 482 g/mol. The number of aromatic nitrogens is 2. The number of carbonyl (C=O) groups is 3. The lowest BCUT2D eigenvalue weighted by molar-refractivity contribution is -0.114. The summed E-state index contributed by atoms with van der Waals surface area (Å²) in [6, 6.07) is 11.4. The zero-order valence-electron chi connectivity index (χ0n) is 19.4. The zero-order chi connectivity index (χ0) is 24.8. The third kappa shape index (κ3) is 6.22. The molecule has 178 valence electrons. The molecule has 1 aromatic heterocycles. The van der Waals surface area contributed by atoms with E-state index in [1.165, 1.54) is 26.2 Å². The van der Waals surface area contributed by atoms with Gasteiger partial charge in [0.05, 0.1) is 29.3 Å². The Bertz CT molecular complexity index is 1300. The summed E-state index contributed by atoms with van der Waals surface area (Å²) in [5, 5.41) is 6.22. The molecule has 3 rings (SSSR count). The molecule has 2 amide bonds. The number of anilines is 2. The second kappa shape index (κ2) is 11.0.